The number of aromatic nitrogens is 2. The minimum atomic E-state index is 0.215. The number of nitrogens with zero attached hydrogens (tertiary/aromatic N) is 3. The summed E-state index contributed by atoms with van der Waals surface area (Å²) in [7, 11) is 0. The molecule has 4 nitrogen and oxygen atoms in total. The second-order valence-electron chi connectivity index (χ2n) is 7.50. The van der Waals surface area contributed by atoms with Gasteiger partial charge >= 0.3 is 0 Å². The van der Waals surface area contributed by atoms with Gasteiger partial charge in [0.05, 0.1) is 4.70 Å². The Morgan fingerprint density at radius 2 is 1.92 bits per heavy atom. The summed E-state index contributed by atoms with van der Waals surface area (Å²) in [6.45, 7) is 3.52. The number of hydrogen-bond acceptors (Lipinski definition) is 5. The zero-order valence-electron chi connectivity index (χ0n) is 14.6. The summed E-state index contributed by atoms with van der Waals surface area (Å²) in [4.78, 5) is 19.5. The molecule has 0 spiro atoms. The average Bonchev–Trinajstić information content (AvgIpc) is 3.13. The van der Waals surface area contributed by atoms with Crippen LogP contribution in [0.4, 0.5) is 0 Å². The molecule has 3 saturated heterocycles. The Hall–Kier alpha value is -2.11. The molecule has 0 amide bonds. The van der Waals surface area contributed by atoms with Crippen LogP contribution in [0, 0.1) is 11.8 Å². The molecule has 2 bridgehead atoms. The van der Waals surface area contributed by atoms with Crippen molar-refractivity contribution in [1.82, 2.24) is 14.3 Å². The van der Waals surface area contributed by atoms with E-state index >= 15 is 0 Å². The molecule has 0 N–H and O–H groups in total. The smallest absolute Gasteiger partial charge is 0.183 e. The van der Waals surface area contributed by atoms with Gasteiger partial charge in [0, 0.05) is 30.7 Å². The van der Waals surface area contributed by atoms with Crippen LogP contribution in [0.3, 0.4) is 0 Å². The number of Topliss-reactive ketones (excluding diaryl/α,β-unsaturated/α-hetero) is 1. The normalized spacial score (nSPS) is 24.8. The Kier molecular flexibility index (Phi) is 4.06. The molecule has 6 rings (SSSR count). The maximum absolute atomic E-state index is 12.9. The Bertz CT molecular complexity index is 944. The van der Waals surface area contributed by atoms with Gasteiger partial charge in [-0.2, -0.15) is 4.37 Å². The lowest BCUT2D eigenvalue weighted by molar-refractivity contribution is 0.0440. The average molecular weight is 363 g/mol. The van der Waals surface area contributed by atoms with Gasteiger partial charge in [-0.15, -0.1) is 0 Å². The predicted molar refractivity (Wildman–Crippen MR) is 104 cm³/mol. The van der Waals surface area contributed by atoms with Gasteiger partial charge in [0.2, 0.25) is 0 Å². The Labute approximate surface area is 157 Å². The monoisotopic (exact) mass is 363 g/mol. The first kappa shape index (κ1) is 16.1. The highest BCUT2D eigenvalue weighted by Gasteiger charge is 2.35. The van der Waals surface area contributed by atoms with E-state index in [1.54, 1.807) is 12.4 Å². The third-order valence-corrected chi connectivity index (χ3v) is 6.80. The van der Waals surface area contributed by atoms with E-state index in [1.807, 2.05) is 12.1 Å². The van der Waals surface area contributed by atoms with Crippen LogP contribution in [0.1, 0.15) is 29.8 Å². The van der Waals surface area contributed by atoms with Crippen molar-refractivity contribution < 1.29 is 4.79 Å². The van der Waals surface area contributed by atoms with Crippen molar-refractivity contribution >= 4 is 27.4 Å². The molecule has 0 radical (unpaired) electrons. The van der Waals surface area contributed by atoms with E-state index in [1.165, 1.54) is 37.5 Å². The van der Waals surface area contributed by atoms with Crippen LogP contribution in [-0.4, -0.2) is 39.7 Å². The number of pyridine rings is 1. The fraction of sp³-hybridized carbons (Fsp3) is 0.381. The van der Waals surface area contributed by atoms with E-state index in [2.05, 4.69) is 32.5 Å². The van der Waals surface area contributed by atoms with E-state index in [-0.39, 0.29) is 5.78 Å². The van der Waals surface area contributed by atoms with Gasteiger partial charge < -0.3 is 4.90 Å². The molecular formula is C21H21N3OS. The molecule has 0 unspecified atom stereocenters. The molecule has 3 aliphatic rings. The molecule has 5 heteroatoms. The number of piperidine rings is 3. The number of benzene rings is 1. The minimum absolute atomic E-state index is 0.215. The second kappa shape index (κ2) is 6.56. The molecule has 3 aromatic rings. The lowest BCUT2D eigenvalue weighted by Gasteiger charge is -2.44. The molecular weight excluding hydrogens is 342 g/mol. The summed E-state index contributed by atoms with van der Waals surface area (Å²) in [5.41, 5.74) is 2.94. The quantitative estimate of drug-likeness (QED) is 0.649. The summed E-state index contributed by atoms with van der Waals surface area (Å²) in [6, 6.07) is 10.3. The van der Waals surface area contributed by atoms with Gasteiger partial charge in [0.15, 0.2) is 5.78 Å². The van der Waals surface area contributed by atoms with E-state index in [0.29, 0.717) is 18.0 Å². The lowest BCUT2D eigenvalue weighted by atomic mass is 9.76. The van der Waals surface area contributed by atoms with Crippen LogP contribution in [0.2, 0.25) is 0 Å². The molecule has 3 fully saturated rings. The largest absolute Gasteiger partial charge is 0.303 e. The number of rotatable bonds is 4. The van der Waals surface area contributed by atoms with E-state index < -0.39 is 0 Å². The summed E-state index contributed by atoms with van der Waals surface area (Å²) in [5, 5.41) is 0.999. The van der Waals surface area contributed by atoms with Crippen LogP contribution in [0.15, 0.2) is 42.7 Å². The third-order valence-electron chi connectivity index (χ3n) is 5.99. The maximum atomic E-state index is 12.9. The van der Waals surface area contributed by atoms with Crippen molar-refractivity contribution in [1.29, 1.82) is 0 Å². The molecule has 1 aromatic carbocycles. The highest BCUT2D eigenvalue weighted by atomic mass is 32.1. The fourth-order valence-corrected chi connectivity index (χ4v) is 5.35. The SMILES string of the molecule is O=C(C[C@H]1CN2CCC1CC2)c1nsc2cc(-c3ccncc3)ccc12. The van der Waals surface area contributed by atoms with Gasteiger partial charge in [-0.05, 0) is 78.6 Å². The van der Waals surface area contributed by atoms with Gasteiger partial charge in [-0.25, -0.2) is 0 Å². The first-order valence-electron chi connectivity index (χ1n) is 9.33. The number of carbonyl (C=O) groups excluding carboxylic acids is 1. The third kappa shape index (κ3) is 2.85. The van der Waals surface area contributed by atoms with Gasteiger partial charge in [0.25, 0.3) is 0 Å². The van der Waals surface area contributed by atoms with Crippen LogP contribution >= 0.6 is 11.5 Å². The van der Waals surface area contributed by atoms with Crippen LogP contribution in [-0.2, 0) is 0 Å². The molecule has 1 atom stereocenters. The van der Waals surface area contributed by atoms with Crippen molar-refractivity contribution in [2.75, 3.05) is 19.6 Å². The minimum Gasteiger partial charge on any atom is -0.303 e. The van der Waals surface area contributed by atoms with Crippen molar-refractivity contribution in [3.8, 4) is 11.1 Å². The van der Waals surface area contributed by atoms with Crippen molar-refractivity contribution in [3.63, 3.8) is 0 Å². The molecule has 0 aliphatic carbocycles. The Balaban J connectivity index is 1.40. The summed E-state index contributed by atoms with van der Waals surface area (Å²) in [6.07, 6.45) is 6.76. The first-order valence-corrected chi connectivity index (χ1v) is 10.1. The molecule has 2 aromatic heterocycles. The maximum Gasteiger partial charge on any atom is 0.183 e. The van der Waals surface area contributed by atoms with Crippen LogP contribution in [0.25, 0.3) is 21.2 Å². The molecule has 0 saturated carbocycles. The van der Waals surface area contributed by atoms with Crippen molar-refractivity contribution in [2.24, 2.45) is 11.8 Å². The van der Waals surface area contributed by atoms with E-state index in [9.17, 15) is 4.79 Å². The van der Waals surface area contributed by atoms with Gasteiger partial charge in [-0.3, -0.25) is 9.78 Å². The van der Waals surface area contributed by atoms with E-state index in [0.717, 1.165) is 33.7 Å². The number of hydrogen-bond donors (Lipinski definition) is 0. The standard InChI is InChI=1S/C21H21N3OS/c25-19(11-17-13-24-9-5-15(17)6-10-24)21-18-2-1-16(12-20(18)26-23-21)14-3-7-22-8-4-14/h1-4,7-8,12,15,17H,5-6,9-11,13H2/t17-/m0/s1. The summed E-state index contributed by atoms with van der Waals surface area (Å²) < 4.78 is 5.60. The molecule has 3 aliphatic heterocycles. The zero-order valence-corrected chi connectivity index (χ0v) is 15.4. The number of ketones is 1. The van der Waals surface area contributed by atoms with Crippen molar-refractivity contribution in [2.45, 2.75) is 19.3 Å². The number of fused-ring (bicyclic) bond motifs is 4. The lowest BCUT2D eigenvalue weighted by Crippen LogP contribution is -2.47. The van der Waals surface area contributed by atoms with Gasteiger partial charge in [-0.1, -0.05) is 12.1 Å². The topological polar surface area (TPSA) is 46.1 Å². The Morgan fingerprint density at radius 1 is 1.12 bits per heavy atom. The van der Waals surface area contributed by atoms with Crippen LogP contribution in [0.5, 0.6) is 0 Å². The van der Waals surface area contributed by atoms with Crippen molar-refractivity contribution in [3.05, 3.63) is 48.4 Å². The second-order valence-corrected chi connectivity index (χ2v) is 8.31. The van der Waals surface area contributed by atoms with E-state index in [4.69, 9.17) is 0 Å². The highest BCUT2D eigenvalue weighted by molar-refractivity contribution is 7.13. The first-order chi connectivity index (χ1) is 12.8. The zero-order chi connectivity index (χ0) is 17.5. The summed E-state index contributed by atoms with van der Waals surface area (Å²) in [5.74, 6) is 1.46. The summed E-state index contributed by atoms with van der Waals surface area (Å²) >= 11 is 1.43. The number of carbonyl (C=O) groups is 1. The highest BCUT2D eigenvalue weighted by Crippen LogP contribution is 2.36. The predicted octanol–water partition coefficient (Wildman–Crippen LogP) is 4.27. The van der Waals surface area contributed by atoms with Gasteiger partial charge in [0.1, 0.15) is 5.69 Å². The molecule has 5 heterocycles. The molecule has 132 valence electrons. The Morgan fingerprint density at radius 3 is 2.65 bits per heavy atom. The molecule has 26 heavy (non-hydrogen) atoms. The fourth-order valence-electron chi connectivity index (χ4n) is 4.52. The van der Waals surface area contributed by atoms with Crippen LogP contribution < -0.4 is 0 Å².